The van der Waals surface area contributed by atoms with Crippen LogP contribution in [-0.2, 0) is 6.42 Å². The Labute approximate surface area is 143 Å². The van der Waals surface area contributed by atoms with Gasteiger partial charge < -0.3 is 9.64 Å². The lowest BCUT2D eigenvalue weighted by Gasteiger charge is -2.49. The summed E-state index contributed by atoms with van der Waals surface area (Å²) in [5.41, 5.74) is 2.80. The van der Waals surface area contributed by atoms with Gasteiger partial charge in [0.15, 0.2) is 5.78 Å². The minimum Gasteiger partial charge on any atom is -0.497 e. The van der Waals surface area contributed by atoms with E-state index in [1.165, 1.54) is 5.69 Å². The van der Waals surface area contributed by atoms with Crippen molar-refractivity contribution in [3.8, 4) is 5.75 Å². The van der Waals surface area contributed by atoms with E-state index < -0.39 is 0 Å². The van der Waals surface area contributed by atoms with E-state index in [1.54, 1.807) is 7.11 Å². The fourth-order valence-electron chi connectivity index (χ4n) is 4.35. The van der Waals surface area contributed by atoms with Crippen LogP contribution in [0.2, 0.25) is 0 Å². The van der Waals surface area contributed by atoms with Crippen molar-refractivity contribution in [2.24, 2.45) is 0 Å². The predicted octanol–water partition coefficient (Wildman–Crippen LogP) is 4.25. The van der Waals surface area contributed by atoms with Crippen molar-refractivity contribution in [3.05, 3.63) is 59.7 Å². The Morgan fingerprint density at radius 1 is 1.04 bits per heavy atom. The van der Waals surface area contributed by atoms with Crippen molar-refractivity contribution in [2.45, 2.75) is 37.6 Å². The Balaban J connectivity index is 1.76. The Morgan fingerprint density at radius 3 is 2.67 bits per heavy atom. The number of hydrogen-bond donors (Lipinski definition) is 0. The summed E-state index contributed by atoms with van der Waals surface area (Å²) < 4.78 is 5.32. The van der Waals surface area contributed by atoms with Crippen LogP contribution in [0.25, 0.3) is 0 Å². The fourth-order valence-corrected chi connectivity index (χ4v) is 4.35. The standard InChI is InChI=1S/C21H23NO2/c1-24-18-9-10-19-16(15-18)11-13-21(20(19)23)12-5-6-14-22(21)17-7-3-2-4-8-17/h2-4,7-10,15H,5-6,11-14H2,1H3. The molecule has 0 radical (unpaired) electrons. The molecule has 3 nitrogen and oxygen atoms in total. The van der Waals surface area contributed by atoms with Crippen LogP contribution in [0.5, 0.6) is 5.75 Å². The quantitative estimate of drug-likeness (QED) is 0.828. The van der Waals surface area contributed by atoms with E-state index in [0.29, 0.717) is 0 Å². The van der Waals surface area contributed by atoms with Gasteiger partial charge in [0.05, 0.1) is 7.11 Å². The molecule has 24 heavy (non-hydrogen) atoms. The summed E-state index contributed by atoms with van der Waals surface area (Å²) in [6, 6.07) is 16.3. The van der Waals surface area contributed by atoms with Crippen LogP contribution in [0.15, 0.2) is 48.5 Å². The number of fused-ring (bicyclic) bond motifs is 1. The van der Waals surface area contributed by atoms with Crippen LogP contribution in [-0.4, -0.2) is 25.0 Å². The van der Waals surface area contributed by atoms with Crippen molar-refractivity contribution in [3.63, 3.8) is 0 Å². The molecule has 1 unspecified atom stereocenters. The van der Waals surface area contributed by atoms with Crippen LogP contribution in [0.3, 0.4) is 0 Å². The molecule has 4 rings (SSSR count). The number of anilines is 1. The molecule has 2 aliphatic rings. The summed E-state index contributed by atoms with van der Waals surface area (Å²) in [5, 5.41) is 0. The molecule has 0 bridgehead atoms. The van der Waals surface area contributed by atoms with E-state index in [2.05, 4.69) is 29.2 Å². The molecular formula is C21H23NO2. The third kappa shape index (κ3) is 2.31. The summed E-state index contributed by atoms with van der Waals surface area (Å²) in [4.78, 5) is 15.9. The monoisotopic (exact) mass is 321 g/mol. The molecule has 1 atom stereocenters. The topological polar surface area (TPSA) is 29.5 Å². The third-order valence-electron chi connectivity index (χ3n) is 5.59. The summed E-state index contributed by atoms with van der Waals surface area (Å²) in [7, 11) is 1.67. The zero-order valence-electron chi connectivity index (χ0n) is 14.1. The first-order chi connectivity index (χ1) is 11.7. The lowest BCUT2D eigenvalue weighted by atomic mass is 9.71. The van der Waals surface area contributed by atoms with Gasteiger partial charge in [0, 0.05) is 17.8 Å². The highest BCUT2D eigenvalue weighted by Gasteiger charge is 2.48. The number of para-hydroxylation sites is 1. The predicted molar refractivity (Wildman–Crippen MR) is 96.0 cm³/mol. The van der Waals surface area contributed by atoms with E-state index in [4.69, 9.17) is 4.74 Å². The summed E-state index contributed by atoms with van der Waals surface area (Å²) >= 11 is 0. The molecule has 2 aromatic rings. The number of benzene rings is 2. The van der Waals surface area contributed by atoms with Gasteiger partial charge >= 0.3 is 0 Å². The summed E-state index contributed by atoms with van der Waals surface area (Å²) in [6.07, 6.45) is 5.05. The molecule has 1 saturated heterocycles. The number of rotatable bonds is 2. The maximum atomic E-state index is 13.5. The van der Waals surface area contributed by atoms with Gasteiger partial charge in [0.2, 0.25) is 0 Å². The van der Waals surface area contributed by atoms with Gasteiger partial charge in [-0.1, -0.05) is 18.2 Å². The minimum atomic E-state index is -0.374. The molecule has 0 amide bonds. The van der Waals surface area contributed by atoms with E-state index in [0.717, 1.165) is 55.5 Å². The number of Topliss-reactive ketones (excluding diaryl/α,β-unsaturated/α-hetero) is 1. The van der Waals surface area contributed by atoms with Crippen molar-refractivity contribution in [1.82, 2.24) is 0 Å². The maximum Gasteiger partial charge on any atom is 0.188 e. The summed E-state index contributed by atoms with van der Waals surface area (Å²) in [6.45, 7) is 0.960. The van der Waals surface area contributed by atoms with Crippen LogP contribution < -0.4 is 9.64 Å². The number of ether oxygens (including phenoxy) is 1. The first-order valence-corrected chi connectivity index (χ1v) is 8.79. The zero-order valence-corrected chi connectivity index (χ0v) is 14.1. The lowest BCUT2D eigenvalue weighted by Crippen LogP contribution is -2.59. The highest BCUT2D eigenvalue weighted by atomic mass is 16.5. The molecule has 1 spiro atoms. The molecule has 1 heterocycles. The van der Waals surface area contributed by atoms with Gasteiger partial charge in [-0.2, -0.15) is 0 Å². The highest BCUT2D eigenvalue weighted by Crippen LogP contribution is 2.42. The fraction of sp³-hybridized carbons (Fsp3) is 0.381. The van der Waals surface area contributed by atoms with Gasteiger partial charge in [-0.15, -0.1) is 0 Å². The number of aryl methyl sites for hydroxylation is 1. The van der Waals surface area contributed by atoms with E-state index in [-0.39, 0.29) is 11.3 Å². The minimum absolute atomic E-state index is 0.287. The zero-order chi connectivity index (χ0) is 16.6. The number of piperidine rings is 1. The molecule has 1 aliphatic carbocycles. The largest absolute Gasteiger partial charge is 0.497 e. The second kappa shape index (κ2) is 5.97. The molecular weight excluding hydrogens is 298 g/mol. The first-order valence-electron chi connectivity index (χ1n) is 8.79. The van der Waals surface area contributed by atoms with Crippen molar-refractivity contribution < 1.29 is 9.53 Å². The second-order valence-corrected chi connectivity index (χ2v) is 6.83. The molecule has 1 fully saturated rings. The molecule has 2 aromatic carbocycles. The van der Waals surface area contributed by atoms with Gasteiger partial charge in [0.1, 0.15) is 11.3 Å². The highest BCUT2D eigenvalue weighted by molar-refractivity contribution is 6.07. The number of ketones is 1. The van der Waals surface area contributed by atoms with E-state index in [1.807, 2.05) is 24.3 Å². The van der Waals surface area contributed by atoms with E-state index >= 15 is 0 Å². The van der Waals surface area contributed by atoms with Crippen molar-refractivity contribution >= 4 is 11.5 Å². The average Bonchev–Trinajstić information content (AvgIpc) is 2.66. The van der Waals surface area contributed by atoms with Crippen molar-refractivity contribution in [1.29, 1.82) is 0 Å². The number of hydrogen-bond acceptors (Lipinski definition) is 3. The van der Waals surface area contributed by atoms with Crippen LogP contribution in [0.4, 0.5) is 5.69 Å². The van der Waals surface area contributed by atoms with E-state index in [9.17, 15) is 4.79 Å². The smallest absolute Gasteiger partial charge is 0.188 e. The maximum absolute atomic E-state index is 13.5. The van der Waals surface area contributed by atoms with Crippen LogP contribution in [0.1, 0.15) is 41.6 Å². The van der Waals surface area contributed by atoms with Gasteiger partial charge in [-0.05, 0) is 68.0 Å². The third-order valence-corrected chi connectivity index (χ3v) is 5.59. The molecule has 0 aromatic heterocycles. The van der Waals surface area contributed by atoms with Gasteiger partial charge in [-0.25, -0.2) is 0 Å². The molecule has 124 valence electrons. The van der Waals surface area contributed by atoms with Gasteiger partial charge in [-0.3, -0.25) is 4.79 Å². The Kier molecular flexibility index (Phi) is 3.79. The number of carbonyl (C=O) groups is 1. The number of carbonyl (C=O) groups excluding carboxylic acids is 1. The average molecular weight is 321 g/mol. The number of nitrogens with zero attached hydrogens (tertiary/aromatic N) is 1. The molecule has 0 N–H and O–H groups in total. The molecule has 1 aliphatic heterocycles. The molecule has 0 saturated carbocycles. The van der Waals surface area contributed by atoms with Crippen molar-refractivity contribution in [2.75, 3.05) is 18.6 Å². The normalized spacial score (nSPS) is 23.2. The molecule has 3 heteroatoms. The lowest BCUT2D eigenvalue weighted by molar-refractivity contribution is 0.0827. The van der Waals surface area contributed by atoms with Crippen LogP contribution >= 0.6 is 0 Å². The second-order valence-electron chi connectivity index (χ2n) is 6.83. The number of methoxy groups -OCH3 is 1. The Hall–Kier alpha value is -2.29. The SMILES string of the molecule is COc1ccc2c(c1)CCC1(CCCCN1c1ccccc1)C2=O. The first kappa shape index (κ1) is 15.3. The summed E-state index contributed by atoms with van der Waals surface area (Å²) in [5.74, 6) is 1.12. The van der Waals surface area contributed by atoms with Gasteiger partial charge in [0.25, 0.3) is 0 Å². The Morgan fingerprint density at radius 2 is 1.88 bits per heavy atom. The van der Waals surface area contributed by atoms with Crippen LogP contribution in [0, 0.1) is 0 Å². The Bertz CT molecular complexity index is 756.